The molecule has 0 saturated carbocycles. The first-order valence-electron chi connectivity index (χ1n) is 5.77. The van der Waals surface area contributed by atoms with Gasteiger partial charge in [-0.25, -0.2) is 0 Å². The first-order chi connectivity index (χ1) is 8.34. The van der Waals surface area contributed by atoms with Gasteiger partial charge in [-0.05, 0) is 17.2 Å². The van der Waals surface area contributed by atoms with Crippen LogP contribution >= 0.6 is 0 Å². The van der Waals surface area contributed by atoms with Gasteiger partial charge in [0.2, 0.25) is 5.91 Å². The summed E-state index contributed by atoms with van der Waals surface area (Å²) >= 11 is 0. The number of benzene rings is 2. The fourth-order valence-electron chi connectivity index (χ4n) is 2.26. The van der Waals surface area contributed by atoms with Crippen molar-refractivity contribution in [2.45, 2.75) is 13.0 Å². The number of para-hydroxylation sites is 1. The van der Waals surface area contributed by atoms with Crippen LogP contribution in [0.2, 0.25) is 0 Å². The Morgan fingerprint density at radius 2 is 1.65 bits per heavy atom. The molecule has 0 aromatic heterocycles. The normalized spacial score (nSPS) is 13.9. The molecule has 0 aliphatic carbocycles. The van der Waals surface area contributed by atoms with Crippen molar-refractivity contribution in [2.75, 3.05) is 4.90 Å². The Bertz CT molecular complexity index is 548. The summed E-state index contributed by atoms with van der Waals surface area (Å²) in [4.78, 5) is 13.8. The molecule has 2 aromatic carbocycles. The third-order valence-corrected chi connectivity index (χ3v) is 3.11. The van der Waals surface area contributed by atoms with Gasteiger partial charge in [0.05, 0.1) is 13.0 Å². The summed E-state index contributed by atoms with van der Waals surface area (Å²) in [6.45, 7) is 0.663. The van der Waals surface area contributed by atoms with Gasteiger partial charge in [-0.2, -0.15) is 0 Å². The Labute approximate surface area is 100 Å². The monoisotopic (exact) mass is 223 g/mol. The number of hydrogen-bond donors (Lipinski definition) is 0. The maximum absolute atomic E-state index is 12.0. The van der Waals surface area contributed by atoms with Gasteiger partial charge in [-0.15, -0.1) is 0 Å². The van der Waals surface area contributed by atoms with Crippen LogP contribution in [0, 0.1) is 0 Å². The van der Waals surface area contributed by atoms with Crippen molar-refractivity contribution in [3.8, 4) is 0 Å². The first-order valence-corrected chi connectivity index (χ1v) is 5.77. The Morgan fingerprint density at radius 3 is 2.47 bits per heavy atom. The minimum atomic E-state index is 0.190. The lowest BCUT2D eigenvalue weighted by Crippen LogP contribution is -2.25. The molecule has 1 aliphatic heterocycles. The number of rotatable bonds is 2. The molecule has 0 unspecified atom stereocenters. The van der Waals surface area contributed by atoms with Gasteiger partial charge in [0.25, 0.3) is 0 Å². The summed E-state index contributed by atoms with van der Waals surface area (Å²) in [5.74, 6) is 0.190. The van der Waals surface area contributed by atoms with Gasteiger partial charge in [-0.3, -0.25) is 4.79 Å². The summed E-state index contributed by atoms with van der Waals surface area (Å²) in [5, 5.41) is 0. The van der Waals surface area contributed by atoms with E-state index in [1.807, 2.05) is 59.5 Å². The Kier molecular flexibility index (Phi) is 2.41. The molecular formula is C15H13NO. The van der Waals surface area contributed by atoms with Crippen LogP contribution in [0.5, 0.6) is 0 Å². The van der Waals surface area contributed by atoms with Crippen molar-refractivity contribution in [2.24, 2.45) is 0 Å². The predicted molar refractivity (Wildman–Crippen MR) is 67.8 cm³/mol. The average molecular weight is 223 g/mol. The van der Waals surface area contributed by atoms with Crippen LogP contribution < -0.4 is 4.90 Å². The van der Waals surface area contributed by atoms with Crippen LogP contribution in [0.25, 0.3) is 0 Å². The van der Waals surface area contributed by atoms with Crippen molar-refractivity contribution in [1.29, 1.82) is 0 Å². The second-order valence-electron chi connectivity index (χ2n) is 4.27. The molecule has 1 amide bonds. The van der Waals surface area contributed by atoms with E-state index in [9.17, 15) is 4.79 Å². The Hall–Kier alpha value is -2.09. The second kappa shape index (κ2) is 4.06. The molecule has 0 radical (unpaired) electrons. The molecule has 2 heteroatoms. The molecule has 2 nitrogen and oxygen atoms in total. The van der Waals surface area contributed by atoms with Crippen molar-refractivity contribution < 1.29 is 4.79 Å². The van der Waals surface area contributed by atoms with Crippen molar-refractivity contribution in [1.82, 2.24) is 0 Å². The van der Waals surface area contributed by atoms with Gasteiger partial charge in [-0.1, -0.05) is 48.5 Å². The third kappa shape index (κ3) is 1.82. The van der Waals surface area contributed by atoms with E-state index in [2.05, 4.69) is 0 Å². The lowest BCUT2D eigenvalue weighted by Gasteiger charge is -2.17. The Balaban J connectivity index is 1.92. The quantitative estimate of drug-likeness (QED) is 0.766. The summed E-state index contributed by atoms with van der Waals surface area (Å²) in [6, 6.07) is 18.1. The largest absolute Gasteiger partial charge is 0.307 e. The molecule has 0 spiro atoms. The van der Waals surface area contributed by atoms with Crippen LogP contribution in [-0.2, 0) is 17.8 Å². The number of carbonyl (C=O) groups is 1. The van der Waals surface area contributed by atoms with E-state index in [1.165, 1.54) is 0 Å². The highest BCUT2D eigenvalue weighted by Crippen LogP contribution is 2.29. The number of amides is 1. The minimum Gasteiger partial charge on any atom is -0.307 e. The SMILES string of the molecule is O=C1Cc2ccccc2N1Cc1ccccc1. The average Bonchev–Trinajstić information content (AvgIpc) is 2.68. The maximum atomic E-state index is 12.0. The number of anilines is 1. The van der Waals surface area contributed by atoms with Crippen LogP contribution in [0.4, 0.5) is 5.69 Å². The number of hydrogen-bond acceptors (Lipinski definition) is 1. The summed E-state index contributed by atoms with van der Waals surface area (Å²) in [5.41, 5.74) is 3.35. The molecule has 0 fully saturated rings. The van der Waals surface area contributed by atoms with Gasteiger partial charge < -0.3 is 4.90 Å². The summed E-state index contributed by atoms with van der Waals surface area (Å²) in [7, 11) is 0. The van der Waals surface area contributed by atoms with E-state index in [1.54, 1.807) is 0 Å². The summed E-state index contributed by atoms with van der Waals surface area (Å²) < 4.78 is 0. The van der Waals surface area contributed by atoms with Gasteiger partial charge in [0.15, 0.2) is 0 Å². The van der Waals surface area contributed by atoms with E-state index >= 15 is 0 Å². The van der Waals surface area contributed by atoms with Crippen LogP contribution in [0.1, 0.15) is 11.1 Å². The van der Waals surface area contributed by atoms with Crippen LogP contribution in [0.15, 0.2) is 54.6 Å². The van der Waals surface area contributed by atoms with Crippen molar-refractivity contribution in [3.05, 3.63) is 65.7 Å². The predicted octanol–water partition coefficient (Wildman–Crippen LogP) is 2.78. The lowest BCUT2D eigenvalue weighted by atomic mass is 10.1. The molecule has 3 rings (SSSR count). The molecule has 0 saturated heterocycles. The van der Waals surface area contributed by atoms with Crippen LogP contribution in [-0.4, -0.2) is 5.91 Å². The highest BCUT2D eigenvalue weighted by molar-refractivity contribution is 6.01. The van der Waals surface area contributed by atoms with Gasteiger partial charge >= 0.3 is 0 Å². The molecule has 2 aromatic rings. The van der Waals surface area contributed by atoms with Crippen molar-refractivity contribution in [3.63, 3.8) is 0 Å². The first kappa shape index (κ1) is 10.1. The maximum Gasteiger partial charge on any atom is 0.231 e. The van der Waals surface area contributed by atoms with E-state index in [0.29, 0.717) is 13.0 Å². The molecule has 84 valence electrons. The standard InChI is InChI=1S/C15H13NO/c17-15-10-13-8-4-5-9-14(13)16(15)11-12-6-2-1-3-7-12/h1-9H,10-11H2. The minimum absolute atomic E-state index is 0.190. The topological polar surface area (TPSA) is 20.3 Å². The molecule has 0 bridgehead atoms. The van der Waals surface area contributed by atoms with Gasteiger partial charge in [0.1, 0.15) is 0 Å². The number of fused-ring (bicyclic) bond motifs is 1. The molecule has 1 heterocycles. The van der Waals surface area contributed by atoms with E-state index in [-0.39, 0.29) is 5.91 Å². The van der Waals surface area contributed by atoms with Crippen molar-refractivity contribution >= 4 is 11.6 Å². The van der Waals surface area contributed by atoms with Crippen LogP contribution in [0.3, 0.4) is 0 Å². The smallest absolute Gasteiger partial charge is 0.231 e. The number of nitrogens with zero attached hydrogens (tertiary/aromatic N) is 1. The molecular weight excluding hydrogens is 210 g/mol. The van der Waals surface area contributed by atoms with E-state index < -0.39 is 0 Å². The molecule has 0 atom stereocenters. The molecule has 1 aliphatic rings. The highest BCUT2D eigenvalue weighted by Gasteiger charge is 2.26. The lowest BCUT2D eigenvalue weighted by molar-refractivity contribution is -0.117. The second-order valence-corrected chi connectivity index (χ2v) is 4.27. The fourth-order valence-corrected chi connectivity index (χ4v) is 2.26. The summed E-state index contributed by atoms with van der Waals surface area (Å²) in [6.07, 6.45) is 0.531. The van der Waals surface area contributed by atoms with Gasteiger partial charge in [0, 0.05) is 5.69 Å². The molecule has 0 N–H and O–H groups in total. The highest BCUT2D eigenvalue weighted by atomic mass is 16.2. The van der Waals surface area contributed by atoms with E-state index in [0.717, 1.165) is 16.8 Å². The zero-order valence-electron chi connectivity index (χ0n) is 9.47. The van der Waals surface area contributed by atoms with E-state index in [4.69, 9.17) is 0 Å². The molecule has 17 heavy (non-hydrogen) atoms. The fraction of sp³-hybridized carbons (Fsp3) is 0.133. The third-order valence-electron chi connectivity index (χ3n) is 3.11. The Morgan fingerprint density at radius 1 is 0.941 bits per heavy atom. The zero-order chi connectivity index (χ0) is 11.7. The zero-order valence-corrected chi connectivity index (χ0v) is 9.47. The number of carbonyl (C=O) groups excluding carboxylic acids is 1.